The topological polar surface area (TPSA) is 26.3 Å². The van der Waals surface area contributed by atoms with Gasteiger partial charge in [-0.05, 0) is 37.3 Å². The maximum Gasteiger partial charge on any atom is 0.143 e. The molecule has 0 bridgehead atoms. The molecule has 1 aromatic heterocycles. The number of aryl methyl sites for hydroxylation is 1. The first kappa shape index (κ1) is 10.8. The molecule has 2 nitrogen and oxygen atoms in total. The van der Waals surface area contributed by atoms with Gasteiger partial charge in [-0.3, -0.25) is 4.79 Å². The average Bonchev–Trinajstić information content (AvgIpc) is 2.75. The minimum atomic E-state index is 0.109. The van der Waals surface area contributed by atoms with Gasteiger partial charge in [-0.25, -0.2) is 0 Å². The minimum absolute atomic E-state index is 0.109. The molecule has 0 N–H and O–H groups in total. The van der Waals surface area contributed by atoms with Gasteiger partial charge < -0.3 is 4.74 Å². The molecule has 1 aliphatic rings. The predicted molar refractivity (Wildman–Crippen MR) is 61.3 cm³/mol. The molecule has 1 aliphatic heterocycles. The van der Waals surface area contributed by atoms with Crippen LogP contribution in [0.2, 0.25) is 0 Å². The van der Waals surface area contributed by atoms with Crippen molar-refractivity contribution in [3.05, 3.63) is 21.9 Å². The van der Waals surface area contributed by atoms with Crippen molar-refractivity contribution in [1.29, 1.82) is 0 Å². The van der Waals surface area contributed by atoms with Crippen LogP contribution in [0.1, 0.15) is 23.8 Å². The highest BCUT2D eigenvalue weighted by Crippen LogP contribution is 2.24. The number of Topliss-reactive ketones (excluding diaryl/α,β-unsaturated/α-hetero) is 1. The second kappa shape index (κ2) is 4.45. The minimum Gasteiger partial charge on any atom is -0.378 e. The van der Waals surface area contributed by atoms with Crippen LogP contribution in [-0.4, -0.2) is 18.5 Å². The van der Waals surface area contributed by atoms with Gasteiger partial charge in [0.2, 0.25) is 0 Å². The van der Waals surface area contributed by atoms with E-state index in [0.29, 0.717) is 12.2 Å². The summed E-state index contributed by atoms with van der Waals surface area (Å²) in [5.74, 6) is 0.447. The molecule has 1 saturated heterocycles. The Hall–Kier alpha value is -0.670. The first-order valence-corrected chi connectivity index (χ1v) is 6.23. The lowest BCUT2D eigenvalue weighted by atomic mass is 9.94. The maximum atomic E-state index is 12.0. The fourth-order valence-corrected chi connectivity index (χ4v) is 2.79. The summed E-state index contributed by atoms with van der Waals surface area (Å²) in [4.78, 5) is 13.2. The number of carbonyl (C=O) groups is 1. The number of rotatable bonds is 3. The van der Waals surface area contributed by atoms with E-state index in [2.05, 4.69) is 18.4 Å². The second-order valence-electron chi connectivity index (χ2n) is 4.18. The molecule has 0 aromatic carbocycles. The molecule has 0 radical (unpaired) electrons. The monoisotopic (exact) mass is 224 g/mol. The summed E-state index contributed by atoms with van der Waals surface area (Å²) < 4.78 is 5.41. The standard InChI is InChI=1S/C12H16O2S/c1-8-5-10(7-15-8)6-12(13)11-3-4-14-9(11)2/h5,7,9,11H,3-4,6H2,1-2H3. The summed E-state index contributed by atoms with van der Waals surface area (Å²) in [6.07, 6.45) is 1.57. The maximum absolute atomic E-state index is 12.0. The molecule has 0 aliphatic carbocycles. The number of hydrogen-bond acceptors (Lipinski definition) is 3. The van der Waals surface area contributed by atoms with E-state index in [0.717, 1.165) is 18.6 Å². The van der Waals surface area contributed by atoms with Crippen molar-refractivity contribution in [2.24, 2.45) is 5.92 Å². The van der Waals surface area contributed by atoms with E-state index in [1.807, 2.05) is 6.92 Å². The first-order valence-electron chi connectivity index (χ1n) is 5.35. The van der Waals surface area contributed by atoms with Crippen LogP contribution in [0.4, 0.5) is 0 Å². The Bertz CT molecular complexity index is 356. The number of ether oxygens (including phenoxy) is 1. The van der Waals surface area contributed by atoms with Crippen LogP contribution in [0.5, 0.6) is 0 Å². The Morgan fingerprint density at radius 1 is 1.67 bits per heavy atom. The van der Waals surface area contributed by atoms with Gasteiger partial charge in [-0.15, -0.1) is 11.3 Å². The third kappa shape index (κ3) is 2.47. The first-order chi connectivity index (χ1) is 7.16. The number of thiophene rings is 1. The third-order valence-corrected chi connectivity index (χ3v) is 3.86. The summed E-state index contributed by atoms with van der Waals surface area (Å²) in [5.41, 5.74) is 1.15. The summed E-state index contributed by atoms with van der Waals surface area (Å²) in [7, 11) is 0. The summed E-state index contributed by atoms with van der Waals surface area (Å²) in [6.45, 7) is 4.80. The van der Waals surface area contributed by atoms with Crippen molar-refractivity contribution in [1.82, 2.24) is 0 Å². The van der Waals surface area contributed by atoms with Gasteiger partial charge in [-0.1, -0.05) is 0 Å². The van der Waals surface area contributed by atoms with Crippen molar-refractivity contribution in [3.8, 4) is 0 Å². The van der Waals surface area contributed by atoms with Crippen molar-refractivity contribution >= 4 is 17.1 Å². The van der Waals surface area contributed by atoms with Gasteiger partial charge in [0.15, 0.2) is 0 Å². The van der Waals surface area contributed by atoms with Crippen LogP contribution in [0.3, 0.4) is 0 Å². The highest BCUT2D eigenvalue weighted by molar-refractivity contribution is 7.10. The zero-order valence-corrected chi connectivity index (χ0v) is 9.97. The molecule has 1 fully saturated rings. The average molecular weight is 224 g/mol. The van der Waals surface area contributed by atoms with E-state index < -0.39 is 0 Å². The molecule has 2 unspecified atom stereocenters. The van der Waals surface area contributed by atoms with Gasteiger partial charge in [-0.2, -0.15) is 0 Å². The Morgan fingerprint density at radius 2 is 2.47 bits per heavy atom. The highest BCUT2D eigenvalue weighted by Gasteiger charge is 2.30. The van der Waals surface area contributed by atoms with E-state index in [1.165, 1.54) is 4.88 Å². The van der Waals surface area contributed by atoms with Crippen LogP contribution in [-0.2, 0) is 16.0 Å². The van der Waals surface area contributed by atoms with Crippen LogP contribution < -0.4 is 0 Å². The lowest BCUT2D eigenvalue weighted by Gasteiger charge is -2.11. The van der Waals surface area contributed by atoms with Crippen molar-refractivity contribution in [2.75, 3.05) is 6.61 Å². The molecule has 0 saturated carbocycles. The van der Waals surface area contributed by atoms with Gasteiger partial charge in [0.1, 0.15) is 5.78 Å². The van der Waals surface area contributed by atoms with Crippen LogP contribution in [0, 0.1) is 12.8 Å². The van der Waals surface area contributed by atoms with Gasteiger partial charge >= 0.3 is 0 Å². The molecule has 0 amide bonds. The van der Waals surface area contributed by atoms with E-state index >= 15 is 0 Å². The zero-order chi connectivity index (χ0) is 10.8. The molecule has 15 heavy (non-hydrogen) atoms. The predicted octanol–water partition coefficient (Wildman–Crippen LogP) is 2.59. The molecule has 0 spiro atoms. The molecule has 2 atom stereocenters. The molecular formula is C12H16O2S. The number of ketones is 1. The molecule has 1 aromatic rings. The normalized spacial score (nSPS) is 25.7. The lowest BCUT2D eigenvalue weighted by molar-refractivity contribution is -0.123. The smallest absolute Gasteiger partial charge is 0.143 e. The summed E-state index contributed by atoms with van der Waals surface area (Å²) in [5, 5.41) is 2.08. The summed E-state index contributed by atoms with van der Waals surface area (Å²) in [6, 6.07) is 2.10. The Labute approximate surface area is 94.3 Å². The lowest BCUT2D eigenvalue weighted by Crippen LogP contribution is -2.23. The Morgan fingerprint density at radius 3 is 3.00 bits per heavy atom. The molecule has 82 valence electrons. The van der Waals surface area contributed by atoms with E-state index in [9.17, 15) is 4.79 Å². The van der Waals surface area contributed by atoms with E-state index in [4.69, 9.17) is 4.74 Å². The van der Waals surface area contributed by atoms with Crippen LogP contribution in [0.25, 0.3) is 0 Å². The van der Waals surface area contributed by atoms with Crippen molar-refractivity contribution in [2.45, 2.75) is 32.8 Å². The largest absolute Gasteiger partial charge is 0.378 e. The molecule has 3 heteroatoms. The van der Waals surface area contributed by atoms with Crippen molar-refractivity contribution < 1.29 is 9.53 Å². The highest BCUT2D eigenvalue weighted by atomic mass is 32.1. The van der Waals surface area contributed by atoms with Gasteiger partial charge in [0, 0.05) is 23.8 Å². The Kier molecular flexibility index (Phi) is 3.22. The van der Waals surface area contributed by atoms with E-state index in [-0.39, 0.29) is 12.0 Å². The fraction of sp³-hybridized carbons (Fsp3) is 0.583. The van der Waals surface area contributed by atoms with Crippen LogP contribution >= 0.6 is 11.3 Å². The third-order valence-electron chi connectivity index (χ3n) is 2.95. The fourth-order valence-electron chi connectivity index (χ4n) is 2.08. The van der Waals surface area contributed by atoms with Crippen molar-refractivity contribution in [3.63, 3.8) is 0 Å². The summed E-state index contributed by atoms with van der Waals surface area (Å²) >= 11 is 1.71. The van der Waals surface area contributed by atoms with Crippen LogP contribution in [0.15, 0.2) is 11.4 Å². The van der Waals surface area contributed by atoms with Gasteiger partial charge in [0.05, 0.1) is 6.10 Å². The molecular weight excluding hydrogens is 208 g/mol. The number of carbonyl (C=O) groups excluding carboxylic acids is 1. The SMILES string of the molecule is Cc1cc(CC(=O)C2CCOC2C)cs1. The second-order valence-corrected chi connectivity index (χ2v) is 5.30. The molecule has 2 rings (SSSR count). The Balaban J connectivity index is 1.97. The zero-order valence-electron chi connectivity index (χ0n) is 9.16. The number of hydrogen-bond donors (Lipinski definition) is 0. The quantitative estimate of drug-likeness (QED) is 0.789. The van der Waals surface area contributed by atoms with Gasteiger partial charge in [0.25, 0.3) is 0 Å². The molecule has 2 heterocycles. The van der Waals surface area contributed by atoms with E-state index in [1.54, 1.807) is 11.3 Å².